The number of fused-ring (bicyclic) bond motifs is 1. The molecule has 2 aliphatic rings. The van der Waals surface area contributed by atoms with E-state index >= 15 is 0 Å². The van der Waals surface area contributed by atoms with Crippen molar-refractivity contribution in [3.8, 4) is 11.5 Å². The molecule has 0 fully saturated rings. The second kappa shape index (κ2) is 12.2. The number of ketones is 1. The third-order valence-corrected chi connectivity index (χ3v) is 8.07. The average Bonchev–Trinajstić information content (AvgIpc) is 3.12. The van der Waals surface area contributed by atoms with Gasteiger partial charge < -0.3 is 14.8 Å². The summed E-state index contributed by atoms with van der Waals surface area (Å²) in [6.07, 6.45) is 4.16. The molecule has 0 saturated heterocycles. The third kappa shape index (κ3) is 5.46. The molecular formula is C33H35ClN2O4. The molecule has 7 heteroatoms. The zero-order valence-electron chi connectivity index (χ0n) is 23.2. The Hall–Kier alpha value is -3.77. The second-order valence-corrected chi connectivity index (χ2v) is 10.8. The van der Waals surface area contributed by atoms with Crippen molar-refractivity contribution in [1.29, 1.82) is 0 Å². The number of Topliss-reactive ketones (excluding diaryl/α,β-unsaturated/α-hetero) is 1. The van der Waals surface area contributed by atoms with Crippen molar-refractivity contribution in [2.75, 3.05) is 24.4 Å². The summed E-state index contributed by atoms with van der Waals surface area (Å²) in [7, 11) is 3.22. The summed E-state index contributed by atoms with van der Waals surface area (Å²) in [6, 6.07) is 20.6. The zero-order valence-corrected chi connectivity index (χ0v) is 24.0. The van der Waals surface area contributed by atoms with Crippen molar-refractivity contribution >= 4 is 34.7 Å². The number of para-hydroxylation sites is 2. The molecule has 1 aliphatic heterocycles. The number of unbranched alkanes of at least 4 members (excludes halogenated alkanes) is 2. The van der Waals surface area contributed by atoms with Crippen LogP contribution in [0.3, 0.4) is 0 Å². The molecule has 1 aliphatic carbocycles. The number of hydrogen-bond acceptors (Lipinski definition) is 5. The summed E-state index contributed by atoms with van der Waals surface area (Å²) < 4.78 is 11.0. The maximum atomic E-state index is 14.2. The number of benzene rings is 3. The van der Waals surface area contributed by atoms with Crippen LogP contribution >= 0.6 is 11.6 Å². The highest BCUT2D eigenvalue weighted by Gasteiger charge is 2.41. The average molecular weight is 559 g/mol. The molecule has 1 heterocycles. The lowest BCUT2D eigenvalue weighted by Gasteiger charge is -2.35. The van der Waals surface area contributed by atoms with Gasteiger partial charge in [0.25, 0.3) is 0 Å². The Morgan fingerprint density at radius 3 is 2.40 bits per heavy atom. The topological polar surface area (TPSA) is 67.9 Å². The van der Waals surface area contributed by atoms with E-state index in [2.05, 4.69) is 12.2 Å². The number of anilines is 2. The highest BCUT2D eigenvalue weighted by atomic mass is 35.5. The van der Waals surface area contributed by atoms with Gasteiger partial charge in [-0.25, -0.2) is 0 Å². The summed E-state index contributed by atoms with van der Waals surface area (Å²) in [6.45, 7) is 2.12. The first-order chi connectivity index (χ1) is 19.4. The Labute approximate surface area is 240 Å². The smallest absolute Gasteiger partial charge is 0.227 e. The number of allylic oxidation sites excluding steroid dienone is 1. The number of methoxy groups -OCH3 is 2. The molecule has 40 heavy (non-hydrogen) atoms. The lowest BCUT2D eigenvalue weighted by Crippen LogP contribution is -2.38. The van der Waals surface area contributed by atoms with E-state index in [0.717, 1.165) is 47.5 Å². The number of carbonyl (C=O) groups excluding carboxylic acids is 2. The summed E-state index contributed by atoms with van der Waals surface area (Å²) >= 11 is 6.26. The van der Waals surface area contributed by atoms with Crippen molar-refractivity contribution in [3.63, 3.8) is 0 Å². The summed E-state index contributed by atoms with van der Waals surface area (Å²) in [4.78, 5) is 29.9. The van der Waals surface area contributed by atoms with Gasteiger partial charge in [0.1, 0.15) is 0 Å². The molecule has 0 spiro atoms. The van der Waals surface area contributed by atoms with Crippen molar-refractivity contribution in [3.05, 3.63) is 94.1 Å². The van der Waals surface area contributed by atoms with Crippen LogP contribution in [0.2, 0.25) is 5.02 Å². The van der Waals surface area contributed by atoms with Crippen LogP contribution in [0.1, 0.15) is 68.5 Å². The molecule has 1 amide bonds. The molecule has 3 aromatic carbocycles. The molecule has 0 saturated carbocycles. The molecule has 0 radical (unpaired) electrons. The number of amides is 1. The second-order valence-electron chi connectivity index (χ2n) is 10.4. The van der Waals surface area contributed by atoms with Crippen LogP contribution in [0.25, 0.3) is 0 Å². The van der Waals surface area contributed by atoms with Gasteiger partial charge in [-0.3, -0.25) is 14.5 Å². The number of halogens is 1. The first kappa shape index (κ1) is 27.8. The third-order valence-electron chi connectivity index (χ3n) is 7.82. The minimum Gasteiger partial charge on any atom is -0.493 e. The number of ether oxygens (including phenoxy) is 2. The fourth-order valence-corrected chi connectivity index (χ4v) is 5.94. The van der Waals surface area contributed by atoms with Gasteiger partial charge in [0.2, 0.25) is 5.91 Å². The van der Waals surface area contributed by atoms with E-state index < -0.39 is 6.04 Å². The van der Waals surface area contributed by atoms with Crippen LogP contribution in [-0.2, 0) is 9.59 Å². The molecule has 3 aromatic rings. The van der Waals surface area contributed by atoms with E-state index in [1.54, 1.807) is 14.2 Å². The quantitative estimate of drug-likeness (QED) is 0.285. The first-order valence-corrected chi connectivity index (χ1v) is 14.2. The minimum atomic E-state index is -0.559. The van der Waals surface area contributed by atoms with Gasteiger partial charge in [-0.2, -0.15) is 0 Å². The molecule has 1 N–H and O–H groups in total. The van der Waals surface area contributed by atoms with Crippen LogP contribution in [0.15, 0.2) is 78.0 Å². The Morgan fingerprint density at radius 1 is 0.950 bits per heavy atom. The number of nitrogens with one attached hydrogen (secondary N) is 1. The summed E-state index contributed by atoms with van der Waals surface area (Å²) in [5, 5.41) is 4.19. The molecule has 208 valence electrons. The van der Waals surface area contributed by atoms with Crippen LogP contribution in [0, 0.1) is 0 Å². The van der Waals surface area contributed by atoms with Crippen molar-refractivity contribution in [2.45, 2.75) is 57.4 Å². The van der Waals surface area contributed by atoms with Crippen molar-refractivity contribution < 1.29 is 19.1 Å². The van der Waals surface area contributed by atoms with Crippen LogP contribution < -0.4 is 19.7 Å². The van der Waals surface area contributed by atoms with Crippen LogP contribution in [0.5, 0.6) is 11.5 Å². The Kier molecular flexibility index (Phi) is 8.46. The standard InChI is InChI=1S/C33H35ClN2O4/c1-4-5-6-11-31(38)36-27-10-8-7-9-25(27)35-26-18-23(22-14-17-29(39-2)30(20-22)40-3)19-28(37)32(26)33(36)21-12-15-24(34)16-13-21/h7-10,12-17,20,23,33,35H,4-6,11,18-19H2,1-3H3/t23-,33-/m0/s1. The predicted octanol–water partition coefficient (Wildman–Crippen LogP) is 7.84. The maximum Gasteiger partial charge on any atom is 0.227 e. The van der Waals surface area contributed by atoms with Gasteiger partial charge in [0.15, 0.2) is 17.3 Å². The highest BCUT2D eigenvalue weighted by molar-refractivity contribution is 6.30. The van der Waals surface area contributed by atoms with E-state index in [1.807, 2.05) is 71.6 Å². The first-order valence-electron chi connectivity index (χ1n) is 13.9. The molecule has 0 bridgehead atoms. The largest absolute Gasteiger partial charge is 0.493 e. The van der Waals surface area contributed by atoms with Gasteiger partial charge >= 0.3 is 0 Å². The number of hydrogen-bond donors (Lipinski definition) is 1. The van der Waals surface area contributed by atoms with Gasteiger partial charge in [-0.15, -0.1) is 0 Å². The van der Waals surface area contributed by atoms with E-state index in [0.29, 0.717) is 41.4 Å². The summed E-state index contributed by atoms with van der Waals surface area (Å²) in [5.41, 5.74) is 4.93. The monoisotopic (exact) mass is 558 g/mol. The van der Waals surface area contributed by atoms with Gasteiger partial charge in [0, 0.05) is 29.1 Å². The molecule has 0 unspecified atom stereocenters. The Bertz CT molecular complexity index is 1430. The van der Waals surface area contributed by atoms with Gasteiger partial charge in [-0.1, -0.05) is 61.7 Å². The Balaban J connectivity index is 1.64. The minimum absolute atomic E-state index is 0.00575. The predicted molar refractivity (Wildman–Crippen MR) is 159 cm³/mol. The van der Waals surface area contributed by atoms with Crippen molar-refractivity contribution in [1.82, 2.24) is 0 Å². The molecule has 5 rings (SSSR count). The Morgan fingerprint density at radius 2 is 1.68 bits per heavy atom. The molecule has 2 atom stereocenters. The normalized spacial score (nSPS) is 18.4. The lowest BCUT2D eigenvalue weighted by molar-refractivity contribution is -0.119. The molecule has 6 nitrogen and oxygen atoms in total. The van der Waals surface area contributed by atoms with Gasteiger partial charge in [-0.05, 0) is 66.3 Å². The summed E-state index contributed by atoms with van der Waals surface area (Å²) in [5.74, 6) is 1.26. The fourth-order valence-electron chi connectivity index (χ4n) is 5.81. The van der Waals surface area contributed by atoms with E-state index in [1.165, 1.54) is 0 Å². The van der Waals surface area contributed by atoms with Crippen molar-refractivity contribution in [2.24, 2.45) is 0 Å². The SMILES string of the molecule is CCCCCC(=O)N1c2ccccc2NC2=C(C(=O)C[C@@H](c3ccc(OC)c(OC)c3)C2)[C@@H]1c1ccc(Cl)cc1. The number of nitrogens with zero attached hydrogens (tertiary/aromatic N) is 1. The van der Waals surface area contributed by atoms with E-state index in [4.69, 9.17) is 21.1 Å². The number of rotatable bonds is 8. The zero-order chi connectivity index (χ0) is 28.2. The van der Waals surface area contributed by atoms with Crippen LogP contribution in [-0.4, -0.2) is 25.9 Å². The molecular weight excluding hydrogens is 524 g/mol. The van der Waals surface area contributed by atoms with E-state index in [-0.39, 0.29) is 17.6 Å². The maximum absolute atomic E-state index is 14.2. The highest BCUT2D eigenvalue weighted by Crippen LogP contribution is 2.48. The van der Waals surface area contributed by atoms with Crippen LogP contribution in [0.4, 0.5) is 11.4 Å². The fraction of sp³-hybridized carbons (Fsp3) is 0.333. The lowest BCUT2D eigenvalue weighted by atomic mass is 9.78. The number of carbonyl (C=O) groups is 2. The van der Waals surface area contributed by atoms with E-state index in [9.17, 15) is 9.59 Å². The molecule has 0 aromatic heterocycles. The van der Waals surface area contributed by atoms with Gasteiger partial charge in [0.05, 0.1) is 31.6 Å².